The summed E-state index contributed by atoms with van der Waals surface area (Å²) in [6.45, 7) is 1.37. The Balaban J connectivity index is 2.74. The van der Waals surface area contributed by atoms with E-state index in [1.165, 1.54) is 12.1 Å². The van der Waals surface area contributed by atoms with E-state index in [9.17, 15) is 9.90 Å². The first-order valence-electron chi connectivity index (χ1n) is 5.90. The van der Waals surface area contributed by atoms with Crippen LogP contribution in [0, 0.1) is 0 Å². The zero-order valence-electron chi connectivity index (χ0n) is 10.8. The highest BCUT2D eigenvalue weighted by molar-refractivity contribution is 7.80. The number of nitrogens with zero attached hydrogens (tertiary/aromatic N) is 1. The number of phenols is 1. The van der Waals surface area contributed by atoms with Crippen LogP contribution in [0.2, 0.25) is 0 Å². The molecule has 104 valence electrons. The van der Waals surface area contributed by atoms with Crippen molar-refractivity contribution < 1.29 is 14.6 Å². The maximum atomic E-state index is 12.3. The van der Waals surface area contributed by atoms with Gasteiger partial charge >= 0.3 is 0 Å². The molecule has 1 aromatic rings. The van der Waals surface area contributed by atoms with Gasteiger partial charge in [0, 0.05) is 32.2 Å². The van der Waals surface area contributed by atoms with Crippen molar-refractivity contribution in [3.05, 3.63) is 29.8 Å². The van der Waals surface area contributed by atoms with Crippen molar-refractivity contribution in [3.8, 4) is 5.75 Å². The van der Waals surface area contributed by atoms with Crippen LogP contribution in [-0.4, -0.2) is 47.7 Å². The molecule has 0 aromatic heterocycles. The number of hydrogen-bond donors (Lipinski definition) is 2. The molecular weight excluding hydrogens is 264 g/mol. The van der Waals surface area contributed by atoms with Gasteiger partial charge in [-0.15, -0.1) is 0 Å². The quantitative estimate of drug-likeness (QED) is 0.734. The molecule has 0 bridgehead atoms. The molecule has 1 aromatic carbocycles. The maximum absolute atomic E-state index is 12.3. The van der Waals surface area contributed by atoms with Gasteiger partial charge in [0.1, 0.15) is 5.75 Å². The minimum atomic E-state index is -0.131. The first-order valence-corrected chi connectivity index (χ1v) is 6.31. The van der Waals surface area contributed by atoms with Crippen LogP contribution in [0.15, 0.2) is 24.3 Å². The molecule has 0 aliphatic carbocycles. The number of carbonyl (C=O) groups is 1. The minimum Gasteiger partial charge on any atom is -0.508 e. The second-order valence-electron chi connectivity index (χ2n) is 4.05. The third kappa shape index (κ3) is 5.23. The molecule has 19 heavy (non-hydrogen) atoms. The van der Waals surface area contributed by atoms with Crippen molar-refractivity contribution in [2.45, 2.75) is 6.42 Å². The van der Waals surface area contributed by atoms with E-state index in [1.54, 1.807) is 24.1 Å². The number of aromatic hydroxyl groups is 1. The monoisotopic (exact) mass is 282 g/mol. The molecule has 0 spiro atoms. The number of methoxy groups -OCH3 is 1. The zero-order valence-corrected chi connectivity index (χ0v) is 11.7. The van der Waals surface area contributed by atoms with Gasteiger partial charge in [0.2, 0.25) is 0 Å². The number of nitrogens with two attached hydrogens (primary N) is 1. The fourth-order valence-electron chi connectivity index (χ4n) is 1.55. The van der Waals surface area contributed by atoms with E-state index >= 15 is 0 Å². The van der Waals surface area contributed by atoms with E-state index in [0.29, 0.717) is 36.7 Å². The van der Waals surface area contributed by atoms with Crippen molar-refractivity contribution in [3.63, 3.8) is 0 Å². The summed E-state index contributed by atoms with van der Waals surface area (Å²) >= 11 is 4.82. The number of carbonyl (C=O) groups excluding carboxylic acids is 1. The van der Waals surface area contributed by atoms with Crippen LogP contribution < -0.4 is 5.73 Å². The van der Waals surface area contributed by atoms with Gasteiger partial charge in [-0.05, 0) is 24.3 Å². The lowest BCUT2D eigenvalue weighted by molar-refractivity contribution is 0.0701. The standard InChI is InChI=1S/C13H18N2O3S/c1-18-9-8-15(7-6-12(14)19)13(17)10-2-4-11(16)5-3-10/h2-5,16H,6-9H2,1H3,(H2,14,19). The predicted octanol–water partition coefficient (Wildman–Crippen LogP) is 1.16. The van der Waals surface area contributed by atoms with Crippen LogP contribution in [-0.2, 0) is 4.74 Å². The Morgan fingerprint density at radius 1 is 1.37 bits per heavy atom. The highest BCUT2D eigenvalue weighted by Gasteiger charge is 2.15. The summed E-state index contributed by atoms with van der Waals surface area (Å²) in [5.74, 6) is -0.00331. The van der Waals surface area contributed by atoms with Crippen LogP contribution in [0.1, 0.15) is 16.8 Å². The predicted molar refractivity (Wildman–Crippen MR) is 77.3 cm³/mol. The zero-order chi connectivity index (χ0) is 14.3. The number of benzene rings is 1. The van der Waals surface area contributed by atoms with Crippen LogP contribution in [0.3, 0.4) is 0 Å². The number of ether oxygens (including phenoxy) is 1. The normalized spacial score (nSPS) is 10.2. The van der Waals surface area contributed by atoms with Crippen molar-refractivity contribution in [1.82, 2.24) is 4.90 Å². The third-order valence-electron chi connectivity index (χ3n) is 2.59. The Hall–Kier alpha value is -1.66. The first kappa shape index (κ1) is 15.4. The lowest BCUT2D eigenvalue weighted by Crippen LogP contribution is -2.36. The molecular formula is C13H18N2O3S. The van der Waals surface area contributed by atoms with Gasteiger partial charge in [-0.1, -0.05) is 12.2 Å². The highest BCUT2D eigenvalue weighted by Crippen LogP contribution is 2.12. The van der Waals surface area contributed by atoms with Gasteiger partial charge in [-0.25, -0.2) is 0 Å². The Morgan fingerprint density at radius 3 is 2.53 bits per heavy atom. The largest absolute Gasteiger partial charge is 0.508 e. The van der Waals surface area contributed by atoms with Crippen molar-refractivity contribution >= 4 is 23.1 Å². The van der Waals surface area contributed by atoms with Gasteiger partial charge in [-0.3, -0.25) is 4.79 Å². The summed E-state index contributed by atoms with van der Waals surface area (Å²) < 4.78 is 4.99. The van der Waals surface area contributed by atoms with Gasteiger partial charge in [0.25, 0.3) is 5.91 Å². The average molecular weight is 282 g/mol. The number of thiocarbonyl (C=S) groups is 1. The lowest BCUT2D eigenvalue weighted by Gasteiger charge is -2.22. The number of hydrogen-bond acceptors (Lipinski definition) is 4. The molecule has 1 rings (SSSR count). The third-order valence-corrected chi connectivity index (χ3v) is 2.80. The fourth-order valence-corrected chi connectivity index (χ4v) is 1.64. The van der Waals surface area contributed by atoms with E-state index < -0.39 is 0 Å². The van der Waals surface area contributed by atoms with Gasteiger partial charge in [0.05, 0.1) is 11.6 Å². The second-order valence-corrected chi connectivity index (χ2v) is 4.57. The number of rotatable bonds is 7. The van der Waals surface area contributed by atoms with Crippen molar-refractivity contribution in [1.29, 1.82) is 0 Å². The minimum absolute atomic E-state index is 0.128. The summed E-state index contributed by atoms with van der Waals surface area (Å²) in [5, 5.41) is 9.22. The molecule has 0 aliphatic heterocycles. The number of amides is 1. The van der Waals surface area contributed by atoms with Crippen molar-refractivity contribution in [2.75, 3.05) is 26.8 Å². The van der Waals surface area contributed by atoms with Crippen LogP contribution in [0.5, 0.6) is 5.75 Å². The Labute approximate surface area is 118 Å². The molecule has 0 atom stereocenters. The van der Waals surface area contributed by atoms with E-state index in [-0.39, 0.29) is 11.7 Å². The topological polar surface area (TPSA) is 75.8 Å². The van der Waals surface area contributed by atoms with E-state index in [4.69, 9.17) is 22.7 Å². The van der Waals surface area contributed by atoms with Gasteiger partial charge < -0.3 is 20.5 Å². The first-order chi connectivity index (χ1) is 9.04. The summed E-state index contributed by atoms with van der Waals surface area (Å²) in [6, 6.07) is 6.13. The SMILES string of the molecule is COCCN(CCC(N)=S)C(=O)c1ccc(O)cc1. The summed E-state index contributed by atoms with van der Waals surface area (Å²) in [4.78, 5) is 14.3. The van der Waals surface area contributed by atoms with Crippen LogP contribution in [0.4, 0.5) is 0 Å². The van der Waals surface area contributed by atoms with E-state index in [0.717, 1.165) is 0 Å². The Kier molecular flexibility index (Phi) is 6.24. The Morgan fingerprint density at radius 2 is 2.00 bits per heavy atom. The number of phenolic OH excluding ortho intramolecular Hbond substituents is 1. The van der Waals surface area contributed by atoms with Crippen LogP contribution >= 0.6 is 12.2 Å². The average Bonchev–Trinajstić information content (AvgIpc) is 2.39. The molecule has 5 nitrogen and oxygen atoms in total. The highest BCUT2D eigenvalue weighted by atomic mass is 32.1. The molecule has 0 saturated heterocycles. The molecule has 0 saturated carbocycles. The molecule has 3 N–H and O–H groups in total. The van der Waals surface area contributed by atoms with E-state index in [1.807, 2.05) is 0 Å². The van der Waals surface area contributed by atoms with Gasteiger partial charge in [-0.2, -0.15) is 0 Å². The lowest BCUT2D eigenvalue weighted by atomic mass is 10.2. The molecule has 6 heteroatoms. The van der Waals surface area contributed by atoms with E-state index in [2.05, 4.69) is 0 Å². The van der Waals surface area contributed by atoms with Crippen LogP contribution in [0.25, 0.3) is 0 Å². The van der Waals surface area contributed by atoms with Crippen molar-refractivity contribution in [2.24, 2.45) is 5.73 Å². The molecule has 1 amide bonds. The molecule has 0 unspecified atom stereocenters. The fraction of sp³-hybridized carbons (Fsp3) is 0.385. The Bertz CT molecular complexity index is 434. The maximum Gasteiger partial charge on any atom is 0.253 e. The molecule has 0 fully saturated rings. The van der Waals surface area contributed by atoms with Gasteiger partial charge in [0.15, 0.2) is 0 Å². The summed E-state index contributed by atoms with van der Waals surface area (Å²) in [5.41, 5.74) is 5.97. The smallest absolute Gasteiger partial charge is 0.253 e. The molecule has 0 radical (unpaired) electrons. The summed E-state index contributed by atoms with van der Waals surface area (Å²) in [7, 11) is 1.58. The molecule has 0 heterocycles. The summed E-state index contributed by atoms with van der Waals surface area (Å²) in [6.07, 6.45) is 0.475. The second kappa shape index (κ2) is 7.70. The molecule has 0 aliphatic rings.